The van der Waals surface area contributed by atoms with E-state index in [1.165, 1.54) is 0 Å². The van der Waals surface area contributed by atoms with Gasteiger partial charge in [-0.15, -0.1) is 5.10 Å². The van der Waals surface area contributed by atoms with Crippen molar-refractivity contribution < 1.29 is 9.21 Å². The standard InChI is InChI=1S/C23H21N5O2/c1-16-25-26-23(30-16)24-19-11-10-18-9-8-17-6-2-3-7-20(17)28(21(18)14-19)22(29)15-27-12-4-5-13-27/h2-7,10-14H,8-9,15H2,1H3,(H,24,26). The number of nitrogens with zero attached hydrogens (tertiary/aromatic N) is 4. The van der Waals surface area contributed by atoms with E-state index in [2.05, 4.69) is 27.6 Å². The lowest BCUT2D eigenvalue weighted by Crippen LogP contribution is -2.30. The van der Waals surface area contributed by atoms with Gasteiger partial charge in [0, 0.05) is 25.0 Å². The first-order chi connectivity index (χ1) is 14.7. The van der Waals surface area contributed by atoms with E-state index < -0.39 is 0 Å². The van der Waals surface area contributed by atoms with Crippen LogP contribution in [-0.2, 0) is 24.2 Å². The fourth-order valence-electron chi connectivity index (χ4n) is 3.84. The van der Waals surface area contributed by atoms with Crippen molar-refractivity contribution in [2.24, 2.45) is 0 Å². The van der Waals surface area contributed by atoms with E-state index in [1.807, 2.05) is 64.3 Å². The van der Waals surface area contributed by atoms with Crippen molar-refractivity contribution >= 4 is 29.0 Å². The molecule has 7 nitrogen and oxygen atoms in total. The minimum absolute atomic E-state index is 0.00702. The Bertz CT molecular complexity index is 1200. The van der Waals surface area contributed by atoms with Crippen LogP contribution in [-0.4, -0.2) is 20.7 Å². The summed E-state index contributed by atoms with van der Waals surface area (Å²) in [5, 5.41) is 11.0. The molecule has 0 bridgehead atoms. The molecule has 5 rings (SSSR count). The zero-order valence-corrected chi connectivity index (χ0v) is 16.6. The molecule has 3 heterocycles. The number of carbonyl (C=O) groups excluding carboxylic acids is 1. The molecule has 0 unspecified atom stereocenters. The first-order valence-electron chi connectivity index (χ1n) is 9.89. The highest BCUT2D eigenvalue weighted by atomic mass is 16.4. The molecule has 4 aromatic rings. The molecule has 0 fully saturated rings. The van der Waals surface area contributed by atoms with Crippen molar-refractivity contribution in [2.45, 2.75) is 26.3 Å². The molecule has 1 aliphatic rings. The quantitative estimate of drug-likeness (QED) is 0.551. The molecular formula is C23H21N5O2. The molecule has 1 N–H and O–H groups in total. The van der Waals surface area contributed by atoms with Gasteiger partial charge in [0.25, 0.3) is 5.91 Å². The Balaban J connectivity index is 1.57. The summed E-state index contributed by atoms with van der Waals surface area (Å²) in [4.78, 5) is 15.3. The number of hydrogen-bond donors (Lipinski definition) is 1. The zero-order valence-electron chi connectivity index (χ0n) is 16.6. The van der Waals surface area contributed by atoms with Gasteiger partial charge in [0.2, 0.25) is 5.89 Å². The average molecular weight is 399 g/mol. The third-order valence-electron chi connectivity index (χ3n) is 5.23. The average Bonchev–Trinajstić information content (AvgIpc) is 3.36. The van der Waals surface area contributed by atoms with Crippen LogP contribution in [0.4, 0.5) is 23.1 Å². The molecule has 7 heteroatoms. The summed E-state index contributed by atoms with van der Waals surface area (Å²) in [6.07, 6.45) is 5.54. The number of rotatable bonds is 4. The molecule has 0 radical (unpaired) electrons. The molecule has 1 aliphatic heterocycles. The van der Waals surface area contributed by atoms with Gasteiger partial charge in [-0.2, -0.15) is 0 Å². The number of para-hydroxylation sites is 1. The number of fused-ring (bicyclic) bond motifs is 2. The van der Waals surface area contributed by atoms with Gasteiger partial charge in [0.1, 0.15) is 6.54 Å². The lowest BCUT2D eigenvalue weighted by molar-refractivity contribution is -0.118. The van der Waals surface area contributed by atoms with Gasteiger partial charge in [-0.25, -0.2) is 0 Å². The van der Waals surface area contributed by atoms with Crippen LogP contribution in [0, 0.1) is 6.92 Å². The van der Waals surface area contributed by atoms with E-state index in [0.29, 0.717) is 11.9 Å². The molecule has 1 amide bonds. The topological polar surface area (TPSA) is 76.2 Å². The van der Waals surface area contributed by atoms with Crippen LogP contribution >= 0.6 is 0 Å². The number of amides is 1. The van der Waals surface area contributed by atoms with Crippen molar-refractivity contribution in [1.29, 1.82) is 0 Å². The van der Waals surface area contributed by atoms with Crippen LogP contribution in [0.2, 0.25) is 0 Å². The molecular weight excluding hydrogens is 378 g/mol. The SMILES string of the molecule is Cc1nnc(Nc2ccc3c(c2)N(C(=O)Cn2cccc2)c2ccccc2CC3)o1. The normalized spacial score (nSPS) is 12.8. The number of aromatic nitrogens is 3. The summed E-state index contributed by atoms with van der Waals surface area (Å²) in [5.41, 5.74) is 4.88. The van der Waals surface area contributed by atoms with Crippen LogP contribution in [0.5, 0.6) is 0 Å². The molecule has 0 atom stereocenters. The van der Waals surface area contributed by atoms with E-state index in [-0.39, 0.29) is 12.5 Å². The van der Waals surface area contributed by atoms with Crippen molar-refractivity contribution in [3.63, 3.8) is 0 Å². The van der Waals surface area contributed by atoms with Gasteiger partial charge in [-0.05, 0) is 54.3 Å². The number of aryl methyl sites for hydroxylation is 3. The lowest BCUT2D eigenvalue weighted by atomic mass is 10.0. The number of carbonyl (C=O) groups is 1. The highest BCUT2D eigenvalue weighted by Crippen LogP contribution is 2.38. The Morgan fingerprint density at radius 3 is 2.53 bits per heavy atom. The minimum atomic E-state index is 0.00702. The summed E-state index contributed by atoms with van der Waals surface area (Å²) in [6.45, 7) is 2.01. The van der Waals surface area contributed by atoms with Crippen LogP contribution < -0.4 is 10.2 Å². The smallest absolute Gasteiger partial charge is 0.320 e. The second-order valence-corrected chi connectivity index (χ2v) is 7.31. The Kier molecular flexibility index (Phi) is 4.55. The van der Waals surface area contributed by atoms with E-state index in [4.69, 9.17) is 4.42 Å². The van der Waals surface area contributed by atoms with Crippen LogP contribution in [0.1, 0.15) is 17.0 Å². The molecule has 30 heavy (non-hydrogen) atoms. The first-order valence-corrected chi connectivity index (χ1v) is 9.89. The number of benzene rings is 2. The van der Waals surface area contributed by atoms with E-state index in [9.17, 15) is 4.79 Å². The van der Waals surface area contributed by atoms with Gasteiger partial charge in [-0.3, -0.25) is 9.69 Å². The predicted octanol–water partition coefficient (Wildman–Crippen LogP) is 4.39. The van der Waals surface area contributed by atoms with Crippen molar-refractivity contribution in [3.8, 4) is 0 Å². The monoisotopic (exact) mass is 399 g/mol. The Morgan fingerprint density at radius 2 is 1.77 bits per heavy atom. The fraction of sp³-hybridized carbons (Fsp3) is 0.174. The molecule has 2 aromatic carbocycles. The fourth-order valence-corrected chi connectivity index (χ4v) is 3.84. The van der Waals surface area contributed by atoms with Crippen molar-refractivity contribution in [2.75, 3.05) is 10.2 Å². The zero-order chi connectivity index (χ0) is 20.5. The van der Waals surface area contributed by atoms with E-state index in [1.54, 1.807) is 6.92 Å². The van der Waals surface area contributed by atoms with Crippen LogP contribution in [0.25, 0.3) is 0 Å². The molecule has 150 valence electrons. The van der Waals surface area contributed by atoms with Gasteiger partial charge in [0.05, 0.1) is 11.4 Å². The largest absolute Gasteiger partial charge is 0.408 e. The maximum Gasteiger partial charge on any atom is 0.320 e. The van der Waals surface area contributed by atoms with Gasteiger partial charge in [-0.1, -0.05) is 29.4 Å². The van der Waals surface area contributed by atoms with E-state index in [0.717, 1.165) is 41.0 Å². The Labute approximate surface area is 174 Å². The maximum absolute atomic E-state index is 13.5. The second-order valence-electron chi connectivity index (χ2n) is 7.31. The van der Waals surface area contributed by atoms with Gasteiger partial charge in [0.15, 0.2) is 0 Å². The molecule has 0 aliphatic carbocycles. The third kappa shape index (κ3) is 3.45. The predicted molar refractivity (Wildman–Crippen MR) is 114 cm³/mol. The Hall–Kier alpha value is -3.87. The van der Waals surface area contributed by atoms with Crippen LogP contribution in [0.3, 0.4) is 0 Å². The van der Waals surface area contributed by atoms with Crippen molar-refractivity contribution in [1.82, 2.24) is 14.8 Å². The summed E-state index contributed by atoms with van der Waals surface area (Å²) >= 11 is 0. The molecule has 0 spiro atoms. The van der Waals surface area contributed by atoms with E-state index >= 15 is 0 Å². The van der Waals surface area contributed by atoms with Gasteiger partial charge < -0.3 is 14.3 Å². The number of anilines is 4. The number of nitrogens with one attached hydrogen (secondary N) is 1. The highest BCUT2D eigenvalue weighted by molar-refractivity contribution is 6.02. The van der Waals surface area contributed by atoms with Crippen molar-refractivity contribution in [3.05, 3.63) is 84.0 Å². The molecule has 2 aromatic heterocycles. The summed E-state index contributed by atoms with van der Waals surface area (Å²) < 4.78 is 7.33. The molecule has 0 saturated heterocycles. The summed E-state index contributed by atoms with van der Waals surface area (Å²) in [6, 6.07) is 18.3. The third-order valence-corrected chi connectivity index (χ3v) is 5.23. The van der Waals surface area contributed by atoms with Crippen LogP contribution in [0.15, 0.2) is 71.4 Å². The molecule has 0 saturated carbocycles. The first kappa shape index (κ1) is 18.2. The summed E-state index contributed by atoms with van der Waals surface area (Å²) in [7, 11) is 0. The summed E-state index contributed by atoms with van der Waals surface area (Å²) in [5.74, 6) is 0.497. The lowest BCUT2D eigenvalue weighted by Gasteiger charge is -2.26. The number of hydrogen-bond acceptors (Lipinski definition) is 5. The van der Waals surface area contributed by atoms with Gasteiger partial charge >= 0.3 is 6.01 Å². The maximum atomic E-state index is 13.5. The minimum Gasteiger partial charge on any atom is -0.408 e. The Morgan fingerprint density at radius 1 is 1.00 bits per heavy atom. The highest BCUT2D eigenvalue weighted by Gasteiger charge is 2.26. The second kappa shape index (κ2) is 7.51.